The van der Waals surface area contributed by atoms with E-state index in [1.54, 1.807) is 0 Å². The van der Waals surface area contributed by atoms with Crippen LogP contribution in [0.5, 0.6) is 0 Å². The number of fused-ring (bicyclic) bond motifs is 8. The number of benzene rings is 7. The number of para-hydroxylation sites is 2. The maximum Gasteiger partial charge on any atom is 0.0541 e. The summed E-state index contributed by atoms with van der Waals surface area (Å²) in [6.07, 6.45) is 9.11. The van der Waals surface area contributed by atoms with Gasteiger partial charge in [-0.15, -0.1) is 11.8 Å². The first-order valence-corrected chi connectivity index (χ1v) is 16.9. The molecule has 7 aromatic carbocycles. The summed E-state index contributed by atoms with van der Waals surface area (Å²) in [6, 6.07) is 51.7. The SMILES string of the molecule is C1=CC2Sc3c(-c4ccc5c(c4)c4ccccc4n5-c4ccccc4-c4c5ccccc5cc5ccccc45)cccc3C2C=C1. The topological polar surface area (TPSA) is 4.93 Å². The van der Waals surface area contributed by atoms with E-state index in [1.165, 1.54) is 81.8 Å². The van der Waals surface area contributed by atoms with Gasteiger partial charge >= 0.3 is 0 Å². The highest BCUT2D eigenvalue weighted by molar-refractivity contribution is 8.00. The lowest BCUT2D eigenvalue weighted by atomic mass is 9.90. The molecule has 2 unspecified atom stereocenters. The number of hydrogen-bond donors (Lipinski definition) is 0. The van der Waals surface area contributed by atoms with Gasteiger partial charge < -0.3 is 4.57 Å². The van der Waals surface area contributed by atoms with Gasteiger partial charge in [-0.2, -0.15) is 0 Å². The van der Waals surface area contributed by atoms with E-state index in [-0.39, 0.29) is 0 Å². The Labute approximate surface area is 272 Å². The summed E-state index contributed by atoms with van der Waals surface area (Å²) in [4.78, 5) is 1.42. The predicted molar refractivity (Wildman–Crippen MR) is 197 cm³/mol. The fourth-order valence-electron chi connectivity index (χ4n) is 7.88. The highest BCUT2D eigenvalue weighted by Crippen LogP contribution is 2.52. The van der Waals surface area contributed by atoms with Crippen LogP contribution in [0.2, 0.25) is 0 Å². The Morgan fingerprint density at radius 3 is 2.02 bits per heavy atom. The van der Waals surface area contributed by atoms with Gasteiger partial charge in [-0.05, 0) is 74.1 Å². The number of rotatable bonds is 3. The number of nitrogens with zero attached hydrogens (tertiary/aromatic N) is 1. The Hall–Kier alpha value is -5.31. The smallest absolute Gasteiger partial charge is 0.0541 e. The summed E-state index contributed by atoms with van der Waals surface area (Å²) in [5, 5.41) is 8.11. The maximum absolute atomic E-state index is 2.48. The largest absolute Gasteiger partial charge is 0.309 e. The van der Waals surface area contributed by atoms with Crippen LogP contribution < -0.4 is 0 Å². The van der Waals surface area contributed by atoms with E-state index in [2.05, 4.69) is 168 Å². The molecule has 0 saturated carbocycles. The van der Waals surface area contributed by atoms with Gasteiger partial charge in [-0.1, -0.05) is 133 Å². The van der Waals surface area contributed by atoms with Gasteiger partial charge in [0.1, 0.15) is 0 Å². The number of hydrogen-bond acceptors (Lipinski definition) is 1. The molecule has 0 amide bonds. The molecule has 0 spiro atoms. The fourth-order valence-corrected chi connectivity index (χ4v) is 9.35. The third-order valence-electron chi connectivity index (χ3n) is 9.91. The molecule has 10 rings (SSSR count). The molecule has 8 aromatic rings. The highest BCUT2D eigenvalue weighted by atomic mass is 32.2. The summed E-state index contributed by atoms with van der Waals surface area (Å²) in [7, 11) is 0. The third-order valence-corrected chi connectivity index (χ3v) is 11.3. The second kappa shape index (κ2) is 10.1. The Morgan fingerprint density at radius 1 is 0.500 bits per heavy atom. The first kappa shape index (κ1) is 26.0. The van der Waals surface area contributed by atoms with Crippen molar-refractivity contribution >= 4 is 55.1 Å². The van der Waals surface area contributed by atoms with E-state index >= 15 is 0 Å². The van der Waals surface area contributed by atoms with Crippen molar-refractivity contribution in [2.75, 3.05) is 0 Å². The van der Waals surface area contributed by atoms with Gasteiger partial charge in [-0.3, -0.25) is 0 Å². The van der Waals surface area contributed by atoms with E-state index in [1.807, 2.05) is 11.8 Å². The summed E-state index contributed by atoms with van der Waals surface area (Å²) >= 11 is 2.01. The molecule has 1 aliphatic heterocycles. The lowest BCUT2D eigenvalue weighted by Gasteiger charge is -2.18. The highest BCUT2D eigenvalue weighted by Gasteiger charge is 2.32. The number of allylic oxidation sites excluding steroid dienone is 3. The molecule has 2 aliphatic rings. The number of thioether (sulfide) groups is 1. The van der Waals surface area contributed by atoms with Crippen molar-refractivity contribution in [1.82, 2.24) is 4.57 Å². The zero-order valence-corrected chi connectivity index (χ0v) is 25.9. The van der Waals surface area contributed by atoms with Crippen LogP contribution in [0, 0.1) is 0 Å². The van der Waals surface area contributed by atoms with E-state index in [0.29, 0.717) is 11.2 Å². The van der Waals surface area contributed by atoms with Crippen molar-refractivity contribution in [1.29, 1.82) is 0 Å². The third kappa shape index (κ3) is 3.77. The second-order valence-electron chi connectivity index (χ2n) is 12.4. The maximum atomic E-state index is 2.48. The van der Waals surface area contributed by atoms with Crippen LogP contribution in [0.25, 0.3) is 71.3 Å². The van der Waals surface area contributed by atoms with Gasteiger partial charge in [0.2, 0.25) is 0 Å². The van der Waals surface area contributed by atoms with Crippen molar-refractivity contribution in [3.8, 4) is 27.9 Å². The Bertz CT molecular complexity index is 2530. The van der Waals surface area contributed by atoms with Gasteiger partial charge in [0.25, 0.3) is 0 Å². The zero-order valence-electron chi connectivity index (χ0n) is 25.1. The molecule has 1 aromatic heterocycles. The van der Waals surface area contributed by atoms with Crippen LogP contribution in [0.3, 0.4) is 0 Å². The summed E-state index contributed by atoms with van der Waals surface area (Å²) in [5.41, 5.74) is 10.2. The standard InChI is InChI=1S/C44H29NS/c1-3-14-31-28(12-1)26-29-13-2-4-15-32(29)43(31)37-18-6-9-22-40(37)45-39-21-8-5-16-34(39)38-27-30(24-25-41(38)45)33-19-11-20-36-35-17-7-10-23-42(35)46-44(33)36/h1-27,35,42H. The van der Waals surface area contributed by atoms with E-state index in [9.17, 15) is 0 Å². The van der Waals surface area contributed by atoms with E-state index < -0.39 is 0 Å². The minimum Gasteiger partial charge on any atom is -0.309 e. The van der Waals surface area contributed by atoms with Gasteiger partial charge in [0, 0.05) is 32.4 Å². The van der Waals surface area contributed by atoms with Gasteiger partial charge in [0.15, 0.2) is 0 Å². The molecular formula is C44H29NS. The normalized spacial score (nSPS) is 16.9. The Morgan fingerprint density at radius 2 is 1.17 bits per heavy atom. The van der Waals surface area contributed by atoms with E-state index in [4.69, 9.17) is 0 Å². The lowest BCUT2D eigenvalue weighted by molar-refractivity contribution is 0.881. The minimum absolute atomic E-state index is 0.456. The van der Waals surface area contributed by atoms with Crippen LogP contribution in [0.15, 0.2) is 169 Å². The monoisotopic (exact) mass is 603 g/mol. The summed E-state index contributed by atoms with van der Waals surface area (Å²) in [5.74, 6) is 0.456. The second-order valence-corrected chi connectivity index (χ2v) is 13.6. The first-order valence-electron chi connectivity index (χ1n) is 16.0. The zero-order chi connectivity index (χ0) is 30.2. The van der Waals surface area contributed by atoms with Crippen molar-refractivity contribution in [2.24, 2.45) is 0 Å². The molecule has 1 aliphatic carbocycles. The molecule has 0 radical (unpaired) electrons. The van der Waals surface area contributed by atoms with Crippen LogP contribution in [-0.4, -0.2) is 9.82 Å². The number of aromatic nitrogens is 1. The van der Waals surface area contributed by atoms with Crippen LogP contribution in [-0.2, 0) is 0 Å². The molecule has 0 saturated heterocycles. The van der Waals surface area contributed by atoms with Crippen molar-refractivity contribution in [2.45, 2.75) is 16.1 Å². The average Bonchev–Trinajstić information content (AvgIpc) is 3.66. The Kier molecular flexibility index (Phi) is 5.70. The summed E-state index contributed by atoms with van der Waals surface area (Å²) in [6.45, 7) is 0. The molecule has 46 heavy (non-hydrogen) atoms. The first-order chi connectivity index (χ1) is 22.8. The molecule has 2 heterocycles. The molecule has 0 fully saturated rings. The van der Waals surface area contributed by atoms with Crippen molar-refractivity contribution in [3.05, 3.63) is 169 Å². The molecule has 2 atom stereocenters. The molecule has 216 valence electrons. The predicted octanol–water partition coefficient (Wildman–Crippen LogP) is 12.1. The average molecular weight is 604 g/mol. The summed E-state index contributed by atoms with van der Waals surface area (Å²) < 4.78 is 2.48. The fraction of sp³-hybridized carbons (Fsp3) is 0.0455. The lowest BCUT2D eigenvalue weighted by Crippen LogP contribution is -2.06. The van der Waals surface area contributed by atoms with Crippen molar-refractivity contribution < 1.29 is 0 Å². The van der Waals surface area contributed by atoms with Gasteiger partial charge in [-0.25, -0.2) is 0 Å². The minimum atomic E-state index is 0.456. The van der Waals surface area contributed by atoms with Crippen LogP contribution in [0.4, 0.5) is 0 Å². The molecule has 0 N–H and O–H groups in total. The van der Waals surface area contributed by atoms with Crippen molar-refractivity contribution in [3.63, 3.8) is 0 Å². The van der Waals surface area contributed by atoms with Gasteiger partial charge in [0.05, 0.1) is 16.7 Å². The molecule has 1 nitrogen and oxygen atoms in total. The van der Waals surface area contributed by atoms with E-state index in [0.717, 1.165) is 0 Å². The Balaban J connectivity index is 1.23. The quantitative estimate of drug-likeness (QED) is 0.182. The molecular weight excluding hydrogens is 575 g/mol. The van der Waals surface area contributed by atoms with Crippen LogP contribution in [0.1, 0.15) is 11.5 Å². The molecule has 0 bridgehead atoms. The molecule has 2 heteroatoms. The van der Waals surface area contributed by atoms with Crippen LogP contribution >= 0.6 is 11.8 Å².